The van der Waals surface area contributed by atoms with Crippen molar-refractivity contribution in [3.8, 4) is 17.0 Å². The molecule has 20 heavy (non-hydrogen) atoms. The van der Waals surface area contributed by atoms with E-state index in [0.717, 1.165) is 17.1 Å². The van der Waals surface area contributed by atoms with Crippen molar-refractivity contribution >= 4 is 16.3 Å². The van der Waals surface area contributed by atoms with E-state index in [4.69, 9.17) is 4.74 Å². The normalized spacial score (nSPS) is 11.2. The quantitative estimate of drug-likeness (QED) is 0.719. The average Bonchev–Trinajstić information content (AvgIpc) is 2.99. The van der Waals surface area contributed by atoms with Gasteiger partial charge in [0.15, 0.2) is 4.96 Å². The van der Waals surface area contributed by atoms with E-state index in [9.17, 15) is 0 Å². The summed E-state index contributed by atoms with van der Waals surface area (Å²) in [6.45, 7) is 6.48. The molecule has 2 aromatic heterocycles. The zero-order valence-electron chi connectivity index (χ0n) is 12.2. The van der Waals surface area contributed by atoms with E-state index in [-0.39, 0.29) is 0 Å². The summed E-state index contributed by atoms with van der Waals surface area (Å²) in [5.41, 5.74) is 5.06. The van der Waals surface area contributed by atoms with E-state index in [1.165, 1.54) is 27.3 Å². The van der Waals surface area contributed by atoms with E-state index in [0.29, 0.717) is 0 Å². The fraction of sp³-hybridized carbons (Fsp3) is 0.312. The van der Waals surface area contributed by atoms with Crippen molar-refractivity contribution in [3.63, 3.8) is 0 Å². The molecule has 4 heteroatoms. The molecule has 0 saturated carbocycles. The summed E-state index contributed by atoms with van der Waals surface area (Å²) in [6, 6.07) is 4.20. The van der Waals surface area contributed by atoms with Gasteiger partial charge in [-0.15, -0.1) is 11.3 Å². The van der Waals surface area contributed by atoms with Gasteiger partial charge in [-0.3, -0.25) is 4.40 Å². The van der Waals surface area contributed by atoms with Gasteiger partial charge < -0.3 is 4.74 Å². The van der Waals surface area contributed by atoms with Crippen LogP contribution in [-0.2, 0) is 6.42 Å². The third kappa shape index (κ3) is 1.91. The molecule has 3 aromatic rings. The van der Waals surface area contributed by atoms with Crippen LogP contribution in [-0.4, -0.2) is 16.5 Å². The van der Waals surface area contributed by atoms with Gasteiger partial charge in [0.2, 0.25) is 0 Å². The number of fused-ring (bicyclic) bond motifs is 1. The maximum Gasteiger partial charge on any atom is 0.194 e. The van der Waals surface area contributed by atoms with Gasteiger partial charge in [-0.2, -0.15) is 0 Å². The summed E-state index contributed by atoms with van der Waals surface area (Å²) in [7, 11) is 1.71. The van der Waals surface area contributed by atoms with Crippen molar-refractivity contribution < 1.29 is 4.74 Å². The molecule has 3 nitrogen and oxygen atoms in total. The van der Waals surface area contributed by atoms with E-state index >= 15 is 0 Å². The second kappa shape index (κ2) is 4.94. The Morgan fingerprint density at radius 3 is 2.55 bits per heavy atom. The number of thiazole rings is 1. The first kappa shape index (κ1) is 13.2. The van der Waals surface area contributed by atoms with Crippen LogP contribution in [0, 0.1) is 13.8 Å². The number of hydrogen-bond acceptors (Lipinski definition) is 3. The second-order valence-electron chi connectivity index (χ2n) is 4.94. The summed E-state index contributed by atoms with van der Waals surface area (Å²) in [4.78, 5) is 6.86. The number of imidazole rings is 1. The van der Waals surface area contributed by atoms with Crippen molar-refractivity contribution in [2.45, 2.75) is 27.2 Å². The van der Waals surface area contributed by atoms with Crippen LogP contribution in [0.5, 0.6) is 5.75 Å². The molecule has 104 valence electrons. The molecule has 2 heterocycles. The molecule has 0 saturated heterocycles. The minimum Gasteiger partial charge on any atom is -0.497 e. The highest BCUT2D eigenvalue weighted by Crippen LogP contribution is 2.37. The number of hydrogen-bond donors (Lipinski definition) is 0. The van der Waals surface area contributed by atoms with E-state index in [2.05, 4.69) is 42.3 Å². The number of benzene rings is 1. The number of aryl methyl sites for hydroxylation is 3. The Hall–Kier alpha value is -1.81. The summed E-state index contributed by atoms with van der Waals surface area (Å²) < 4.78 is 7.56. The molecular formula is C16H18N2OS. The van der Waals surface area contributed by atoms with Crippen LogP contribution in [0.4, 0.5) is 0 Å². The molecule has 0 aliphatic rings. The van der Waals surface area contributed by atoms with Crippen LogP contribution < -0.4 is 4.74 Å². The van der Waals surface area contributed by atoms with Gasteiger partial charge in [-0.25, -0.2) is 4.98 Å². The zero-order chi connectivity index (χ0) is 14.3. The van der Waals surface area contributed by atoms with Crippen molar-refractivity contribution in [2.24, 2.45) is 0 Å². The highest BCUT2D eigenvalue weighted by Gasteiger charge is 2.17. The van der Waals surface area contributed by atoms with Gasteiger partial charge in [0.05, 0.1) is 12.8 Å². The lowest BCUT2D eigenvalue weighted by molar-refractivity contribution is 0.414. The summed E-state index contributed by atoms with van der Waals surface area (Å²) in [5, 5.41) is 0. The molecule has 0 N–H and O–H groups in total. The number of nitrogens with zero attached hydrogens (tertiary/aromatic N) is 2. The first-order valence-corrected chi connectivity index (χ1v) is 7.57. The molecule has 0 bridgehead atoms. The van der Waals surface area contributed by atoms with Crippen LogP contribution in [0.3, 0.4) is 0 Å². The number of aromatic nitrogens is 2. The third-order valence-corrected chi connectivity index (χ3v) is 4.84. The molecule has 0 aliphatic carbocycles. The van der Waals surface area contributed by atoms with Gasteiger partial charge in [0, 0.05) is 22.8 Å². The number of ether oxygens (including phenoxy) is 1. The van der Waals surface area contributed by atoms with Crippen molar-refractivity contribution in [1.82, 2.24) is 9.38 Å². The predicted molar refractivity (Wildman–Crippen MR) is 83.9 cm³/mol. The Morgan fingerprint density at radius 2 is 1.95 bits per heavy atom. The maximum absolute atomic E-state index is 5.36. The van der Waals surface area contributed by atoms with Crippen LogP contribution in [0.15, 0.2) is 24.5 Å². The molecule has 0 fully saturated rings. The Bertz CT molecular complexity index is 747. The fourth-order valence-corrected chi connectivity index (χ4v) is 3.77. The maximum atomic E-state index is 5.36. The van der Waals surface area contributed by atoms with Gasteiger partial charge in [0.25, 0.3) is 0 Å². The molecule has 0 radical (unpaired) electrons. The number of rotatable bonds is 3. The van der Waals surface area contributed by atoms with Gasteiger partial charge in [0.1, 0.15) is 5.75 Å². The molecule has 3 rings (SSSR count). The zero-order valence-corrected chi connectivity index (χ0v) is 13.0. The molecule has 0 spiro atoms. The largest absolute Gasteiger partial charge is 0.497 e. The van der Waals surface area contributed by atoms with Gasteiger partial charge in [-0.05, 0) is 43.5 Å². The molecule has 0 aliphatic heterocycles. The Balaban J connectivity index is 2.32. The highest BCUT2D eigenvalue weighted by atomic mass is 32.1. The lowest BCUT2D eigenvalue weighted by Gasteiger charge is -2.13. The lowest BCUT2D eigenvalue weighted by atomic mass is 9.98. The van der Waals surface area contributed by atoms with Crippen LogP contribution in [0.25, 0.3) is 16.2 Å². The fourth-order valence-electron chi connectivity index (χ4n) is 2.74. The Morgan fingerprint density at radius 1 is 1.25 bits per heavy atom. The van der Waals surface area contributed by atoms with E-state index < -0.39 is 0 Å². The lowest BCUT2D eigenvalue weighted by Crippen LogP contribution is -1.96. The highest BCUT2D eigenvalue weighted by molar-refractivity contribution is 7.17. The molecule has 0 unspecified atom stereocenters. The van der Waals surface area contributed by atoms with Crippen LogP contribution >= 0.6 is 11.3 Å². The van der Waals surface area contributed by atoms with E-state index in [1.54, 1.807) is 18.4 Å². The van der Waals surface area contributed by atoms with Crippen LogP contribution in [0.2, 0.25) is 0 Å². The third-order valence-electron chi connectivity index (χ3n) is 3.63. The molecule has 0 amide bonds. The van der Waals surface area contributed by atoms with E-state index in [1.807, 2.05) is 12.4 Å². The summed E-state index contributed by atoms with van der Waals surface area (Å²) in [6.07, 6.45) is 4.93. The average molecular weight is 286 g/mol. The molecule has 1 aromatic carbocycles. The van der Waals surface area contributed by atoms with Crippen molar-refractivity contribution in [2.75, 3.05) is 7.11 Å². The smallest absolute Gasteiger partial charge is 0.194 e. The molecular weight excluding hydrogens is 268 g/mol. The molecule has 0 atom stereocenters. The van der Waals surface area contributed by atoms with Gasteiger partial charge in [-0.1, -0.05) is 6.92 Å². The van der Waals surface area contributed by atoms with Crippen LogP contribution in [0.1, 0.15) is 22.9 Å². The Kier molecular flexibility index (Phi) is 3.26. The first-order chi connectivity index (χ1) is 9.65. The second-order valence-corrected chi connectivity index (χ2v) is 6.01. The summed E-state index contributed by atoms with van der Waals surface area (Å²) in [5.74, 6) is 0.916. The minimum absolute atomic E-state index is 0.916. The van der Waals surface area contributed by atoms with Crippen molar-refractivity contribution in [1.29, 1.82) is 0 Å². The predicted octanol–water partition coefficient (Wildman–Crippen LogP) is 4.25. The first-order valence-electron chi connectivity index (χ1n) is 6.76. The Labute approximate surface area is 122 Å². The van der Waals surface area contributed by atoms with Crippen molar-refractivity contribution in [3.05, 3.63) is 40.5 Å². The monoisotopic (exact) mass is 286 g/mol. The minimum atomic E-state index is 0.916. The number of methoxy groups -OCH3 is 1. The topological polar surface area (TPSA) is 26.5 Å². The summed E-state index contributed by atoms with van der Waals surface area (Å²) >= 11 is 1.77. The van der Waals surface area contributed by atoms with Gasteiger partial charge >= 0.3 is 0 Å². The SMILES string of the molecule is CCc1sc2nccn2c1-c1c(C)cc(OC)cc1C. The standard InChI is InChI=1S/C16H18N2OS/c1-5-13-15(18-7-6-17-16(18)20-13)14-10(2)8-12(19-4)9-11(14)3/h6-9H,5H2,1-4H3.